The number of rotatable bonds is 10. The average molecular weight is 579 g/mol. The molecule has 0 unspecified atom stereocenters. The lowest BCUT2D eigenvalue weighted by Gasteiger charge is -2.28. The topological polar surface area (TPSA) is 104 Å². The highest BCUT2D eigenvalue weighted by Crippen LogP contribution is 2.42. The Hall–Kier alpha value is -3.65. The summed E-state index contributed by atoms with van der Waals surface area (Å²) in [7, 11) is 0. The number of amides is 2. The first-order valence-electron chi connectivity index (χ1n) is 13.7. The number of allylic oxidation sites excluding steroid dienone is 4. The number of imide groups is 1. The lowest BCUT2D eigenvalue weighted by atomic mass is 9.79. The van der Waals surface area contributed by atoms with E-state index in [4.69, 9.17) is 0 Å². The standard InChI is InChI=1S/C33H42N2O5S/c1-9-10-11-12-22(2)34-23-13-15-24(16-14-23)35(28(37)17-18-36)29(38)21-30(39)41-25-19-26(32(3,4)5)31(40)27(20-25)33(6,7)8/h10-16,18-20,34,40H,9,17,21H2,1-8H3/b11-10-,22-12+. The molecule has 8 heteroatoms. The zero-order chi connectivity index (χ0) is 31.0. The van der Waals surface area contributed by atoms with E-state index in [1.165, 1.54) is 0 Å². The van der Waals surface area contributed by atoms with Crippen LogP contribution in [0.5, 0.6) is 5.75 Å². The lowest BCUT2D eigenvalue weighted by Crippen LogP contribution is -2.38. The molecule has 0 aromatic heterocycles. The fourth-order valence-electron chi connectivity index (χ4n) is 4.08. The largest absolute Gasteiger partial charge is 0.507 e. The van der Waals surface area contributed by atoms with Gasteiger partial charge < -0.3 is 15.2 Å². The maximum absolute atomic E-state index is 13.3. The van der Waals surface area contributed by atoms with Crippen LogP contribution >= 0.6 is 11.8 Å². The quantitative estimate of drug-likeness (QED) is 0.131. The number of carbonyl (C=O) groups excluding carboxylic acids is 4. The summed E-state index contributed by atoms with van der Waals surface area (Å²) in [4.78, 5) is 51.7. The van der Waals surface area contributed by atoms with Crippen LogP contribution in [-0.4, -0.2) is 28.3 Å². The Balaban J connectivity index is 2.30. The summed E-state index contributed by atoms with van der Waals surface area (Å²) in [5, 5.41) is 13.7. The van der Waals surface area contributed by atoms with E-state index in [2.05, 4.69) is 12.2 Å². The van der Waals surface area contributed by atoms with Crippen LogP contribution in [0.15, 0.2) is 65.2 Å². The van der Waals surface area contributed by atoms with E-state index in [1.807, 2.05) is 66.7 Å². The third kappa shape index (κ3) is 9.74. The van der Waals surface area contributed by atoms with Crippen molar-refractivity contribution < 1.29 is 24.3 Å². The number of aromatic hydroxyl groups is 1. The van der Waals surface area contributed by atoms with Crippen molar-refractivity contribution in [3.63, 3.8) is 0 Å². The fraction of sp³-hybridized carbons (Fsp3) is 0.394. The molecule has 2 rings (SSSR count). The molecule has 0 aliphatic rings. The summed E-state index contributed by atoms with van der Waals surface area (Å²) < 4.78 is 0. The molecule has 2 amide bonds. The minimum atomic E-state index is -0.721. The second kappa shape index (κ2) is 14.3. The van der Waals surface area contributed by atoms with Crippen molar-refractivity contribution >= 4 is 46.4 Å². The van der Waals surface area contributed by atoms with Crippen LogP contribution in [0, 0.1) is 0 Å². The minimum absolute atomic E-state index is 0.199. The maximum atomic E-state index is 13.3. The highest BCUT2D eigenvalue weighted by molar-refractivity contribution is 8.13. The van der Waals surface area contributed by atoms with Gasteiger partial charge in [-0.15, -0.1) is 0 Å². The monoisotopic (exact) mass is 578 g/mol. The number of hydrogen-bond donors (Lipinski definition) is 2. The van der Waals surface area contributed by atoms with Crippen LogP contribution in [0.2, 0.25) is 0 Å². The molecule has 41 heavy (non-hydrogen) atoms. The molecule has 0 atom stereocenters. The van der Waals surface area contributed by atoms with E-state index in [-0.39, 0.29) is 22.3 Å². The van der Waals surface area contributed by atoms with Crippen molar-refractivity contribution in [2.75, 3.05) is 10.2 Å². The number of hydrogen-bond acceptors (Lipinski definition) is 7. The number of thioether (sulfide) groups is 1. The number of anilines is 2. The van der Waals surface area contributed by atoms with Gasteiger partial charge in [0, 0.05) is 27.4 Å². The van der Waals surface area contributed by atoms with Crippen molar-refractivity contribution in [3.8, 4) is 5.75 Å². The van der Waals surface area contributed by atoms with Crippen LogP contribution in [0.4, 0.5) is 11.4 Å². The molecule has 0 aliphatic heterocycles. The Morgan fingerprint density at radius 1 is 0.951 bits per heavy atom. The van der Waals surface area contributed by atoms with Gasteiger partial charge in [-0.2, -0.15) is 0 Å². The van der Waals surface area contributed by atoms with Gasteiger partial charge >= 0.3 is 0 Å². The summed E-state index contributed by atoms with van der Waals surface area (Å²) in [5.41, 5.74) is 2.59. The molecule has 0 radical (unpaired) electrons. The molecular weight excluding hydrogens is 536 g/mol. The van der Waals surface area contributed by atoms with Crippen molar-refractivity contribution in [3.05, 3.63) is 71.5 Å². The van der Waals surface area contributed by atoms with E-state index in [1.54, 1.807) is 36.4 Å². The van der Waals surface area contributed by atoms with Gasteiger partial charge in [0.15, 0.2) is 0 Å². The van der Waals surface area contributed by atoms with Crippen LogP contribution in [-0.2, 0) is 30.0 Å². The van der Waals surface area contributed by atoms with Gasteiger partial charge in [-0.05, 0) is 66.6 Å². The SMILES string of the molecule is CC/C=C\C=C(/C)Nc1ccc(N(C(=O)CC=O)C(=O)CC(=O)Sc2cc(C(C)(C)C)c(O)c(C(C)(C)C)c2)cc1. The zero-order valence-electron chi connectivity index (χ0n) is 25.3. The van der Waals surface area contributed by atoms with E-state index >= 15 is 0 Å². The van der Waals surface area contributed by atoms with Gasteiger partial charge in [0.05, 0.1) is 18.5 Å². The second-order valence-electron chi connectivity index (χ2n) is 11.9. The first kappa shape index (κ1) is 33.6. The number of aldehydes is 1. The number of nitrogens with one attached hydrogen (secondary N) is 1. The Bertz CT molecular complexity index is 1290. The predicted molar refractivity (Wildman–Crippen MR) is 167 cm³/mol. The lowest BCUT2D eigenvalue weighted by molar-refractivity contribution is -0.128. The third-order valence-corrected chi connectivity index (χ3v) is 7.01. The zero-order valence-corrected chi connectivity index (χ0v) is 26.1. The molecule has 0 aliphatic carbocycles. The van der Waals surface area contributed by atoms with Gasteiger partial charge in [0.1, 0.15) is 12.0 Å². The van der Waals surface area contributed by atoms with Gasteiger partial charge in [-0.1, -0.05) is 72.4 Å². The van der Waals surface area contributed by atoms with Gasteiger partial charge in [-0.3, -0.25) is 14.4 Å². The third-order valence-electron chi connectivity index (χ3n) is 6.17. The van der Waals surface area contributed by atoms with Crippen molar-refractivity contribution in [2.24, 2.45) is 0 Å². The number of benzene rings is 2. The number of carbonyl (C=O) groups is 4. The smallest absolute Gasteiger partial charge is 0.242 e. The Morgan fingerprint density at radius 2 is 1.51 bits per heavy atom. The van der Waals surface area contributed by atoms with Crippen LogP contribution < -0.4 is 10.2 Å². The highest BCUT2D eigenvalue weighted by atomic mass is 32.2. The van der Waals surface area contributed by atoms with E-state index in [9.17, 15) is 24.3 Å². The molecule has 0 saturated heterocycles. The molecular formula is C33H42N2O5S. The Labute approximate surface area is 248 Å². The van der Waals surface area contributed by atoms with Gasteiger partial charge in [0.25, 0.3) is 0 Å². The van der Waals surface area contributed by atoms with Crippen LogP contribution in [0.3, 0.4) is 0 Å². The van der Waals surface area contributed by atoms with Gasteiger partial charge in [0.2, 0.25) is 16.9 Å². The molecule has 2 N–H and O–H groups in total. The molecule has 0 bridgehead atoms. The number of phenols is 1. The molecule has 2 aromatic rings. The van der Waals surface area contributed by atoms with E-state index in [0.717, 1.165) is 34.5 Å². The molecule has 0 saturated carbocycles. The van der Waals surface area contributed by atoms with E-state index in [0.29, 0.717) is 22.3 Å². The molecule has 7 nitrogen and oxygen atoms in total. The summed E-state index contributed by atoms with van der Waals surface area (Å²) >= 11 is 0.896. The Morgan fingerprint density at radius 3 is 2.00 bits per heavy atom. The highest BCUT2D eigenvalue weighted by Gasteiger charge is 2.29. The first-order chi connectivity index (χ1) is 19.1. The summed E-state index contributed by atoms with van der Waals surface area (Å²) in [5.74, 6) is -1.23. The summed E-state index contributed by atoms with van der Waals surface area (Å²) in [6, 6.07) is 10.2. The molecule has 2 aromatic carbocycles. The Kier molecular flexibility index (Phi) is 11.7. The van der Waals surface area contributed by atoms with E-state index < -0.39 is 29.8 Å². The van der Waals surface area contributed by atoms with Gasteiger partial charge in [-0.25, -0.2) is 4.90 Å². The molecule has 0 fully saturated rings. The summed E-state index contributed by atoms with van der Waals surface area (Å²) in [6.45, 7) is 15.8. The number of phenolic OH excluding ortho intramolecular Hbond substituents is 1. The molecule has 0 heterocycles. The fourth-order valence-corrected chi connectivity index (χ4v) is 4.89. The normalized spacial score (nSPS) is 12.3. The predicted octanol–water partition coefficient (Wildman–Crippen LogP) is 7.43. The van der Waals surface area contributed by atoms with Crippen LogP contribution in [0.1, 0.15) is 85.8 Å². The van der Waals surface area contributed by atoms with Crippen molar-refractivity contribution in [1.29, 1.82) is 0 Å². The van der Waals surface area contributed by atoms with Crippen molar-refractivity contribution in [1.82, 2.24) is 0 Å². The minimum Gasteiger partial charge on any atom is -0.507 e. The summed E-state index contributed by atoms with van der Waals surface area (Å²) in [6.07, 6.45) is 6.26. The van der Waals surface area contributed by atoms with Crippen molar-refractivity contribution in [2.45, 2.75) is 90.4 Å². The van der Waals surface area contributed by atoms with Crippen LogP contribution in [0.25, 0.3) is 0 Å². The average Bonchev–Trinajstić information content (AvgIpc) is 2.85. The number of nitrogens with zero attached hydrogens (tertiary/aromatic N) is 1. The maximum Gasteiger partial charge on any atom is 0.242 e. The second-order valence-corrected chi connectivity index (χ2v) is 13.0. The first-order valence-corrected chi connectivity index (χ1v) is 14.5. The molecule has 220 valence electrons. The molecule has 0 spiro atoms.